The zero-order chi connectivity index (χ0) is 17.2. The maximum atomic E-state index is 12.5. The molecule has 4 heteroatoms. The first-order valence-electron chi connectivity index (χ1n) is 8.31. The predicted molar refractivity (Wildman–Crippen MR) is 92.1 cm³/mol. The van der Waals surface area contributed by atoms with Crippen LogP contribution in [-0.2, 0) is 20.0 Å². The Bertz CT molecular complexity index is 647. The van der Waals surface area contributed by atoms with Crippen molar-refractivity contribution >= 4 is 5.97 Å². The van der Waals surface area contributed by atoms with E-state index in [1.807, 2.05) is 74.5 Å². The van der Waals surface area contributed by atoms with Gasteiger partial charge >= 0.3 is 5.97 Å². The summed E-state index contributed by atoms with van der Waals surface area (Å²) < 4.78 is 5.27. The lowest BCUT2D eigenvalue weighted by Crippen LogP contribution is -2.40. The van der Waals surface area contributed by atoms with Gasteiger partial charge in [0.05, 0.1) is 6.61 Å². The van der Waals surface area contributed by atoms with Crippen molar-refractivity contribution < 1.29 is 14.4 Å². The van der Waals surface area contributed by atoms with E-state index in [4.69, 9.17) is 9.57 Å². The second kappa shape index (κ2) is 6.75. The van der Waals surface area contributed by atoms with E-state index >= 15 is 0 Å². The van der Waals surface area contributed by atoms with Crippen molar-refractivity contribution in [3.05, 3.63) is 71.8 Å². The van der Waals surface area contributed by atoms with E-state index < -0.39 is 11.6 Å². The molecular formula is C20H23NO3. The van der Waals surface area contributed by atoms with E-state index in [-0.39, 0.29) is 11.9 Å². The minimum absolute atomic E-state index is 0.105. The fourth-order valence-electron chi connectivity index (χ4n) is 3.65. The van der Waals surface area contributed by atoms with Crippen LogP contribution in [0.4, 0.5) is 0 Å². The van der Waals surface area contributed by atoms with Gasteiger partial charge in [0.15, 0.2) is 0 Å². The molecule has 0 bridgehead atoms. The molecule has 0 amide bonds. The molecule has 3 rings (SSSR count). The van der Waals surface area contributed by atoms with E-state index in [9.17, 15) is 4.79 Å². The predicted octanol–water partition coefficient (Wildman–Crippen LogP) is 3.38. The van der Waals surface area contributed by atoms with Crippen LogP contribution in [0.15, 0.2) is 60.7 Å². The maximum absolute atomic E-state index is 12.5. The number of hydrogen-bond acceptors (Lipinski definition) is 4. The van der Waals surface area contributed by atoms with Gasteiger partial charge in [-0.25, -0.2) is 0 Å². The number of benzene rings is 2. The lowest BCUT2D eigenvalue weighted by atomic mass is 9.74. The Morgan fingerprint density at radius 2 is 1.58 bits per heavy atom. The van der Waals surface area contributed by atoms with Crippen LogP contribution >= 0.6 is 0 Å². The standard InChI is InChI=1S/C20H23NO3/c1-4-23-19(22)18-15(2)20(24-21(18)3,16-11-7-5-8-12-16)17-13-9-6-10-14-17/h5-15,18H,4H2,1-3H3/t15-,18+/m1/s1. The SMILES string of the molecule is CCOC(=O)[C@@H]1[C@@H](C)C(c2ccccc2)(c2ccccc2)ON1C. The van der Waals surface area contributed by atoms with Gasteiger partial charge in [-0.15, -0.1) is 0 Å². The molecule has 0 unspecified atom stereocenters. The largest absolute Gasteiger partial charge is 0.465 e. The number of nitrogens with zero attached hydrogens (tertiary/aromatic N) is 1. The molecule has 0 radical (unpaired) electrons. The Morgan fingerprint density at radius 1 is 1.08 bits per heavy atom. The summed E-state index contributed by atoms with van der Waals surface area (Å²) in [6.45, 7) is 4.23. The van der Waals surface area contributed by atoms with Gasteiger partial charge in [0.1, 0.15) is 11.6 Å². The molecule has 126 valence electrons. The van der Waals surface area contributed by atoms with Crippen molar-refractivity contribution in [2.24, 2.45) is 5.92 Å². The van der Waals surface area contributed by atoms with Crippen LogP contribution in [0, 0.1) is 5.92 Å². The van der Waals surface area contributed by atoms with Crippen molar-refractivity contribution in [2.45, 2.75) is 25.5 Å². The Labute approximate surface area is 143 Å². The highest BCUT2D eigenvalue weighted by Gasteiger charge is 2.56. The van der Waals surface area contributed by atoms with Crippen molar-refractivity contribution in [2.75, 3.05) is 13.7 Å². The molecule has 1 aliphatic rings. The molecule has 1 fully saturated rings. The number of ether oxygens (including phenoxy) is 1. The van der Waals surface area contributed by atoms with Crippen LogP contribution in [0.3, 0.4) is 0 Å². The highest BCUT2D eigenvalue weighted by molar-refractivity contribution is 5.77. The lowest BCUT2D eigenvalue weighted by molar-refractivity contribution is -0.190. The zero-order valence-electron chi connectivity index (χ0n) is 14.3. The number of hydroxylamine groups is 2. The van der Waals surface area contributed by atoms with Gasteiger partial charge < -0.3 is 4.74 Å². The molecule has 1 aliphatic heterocycles. The highest BCUT2D eigenvalue weighted by atomic mass is 16.7. The van der Waals surface area contributed by atoms with Gasteiger partial charge in [-0.2, -0.15) is 5.06 Å². The molecule has 24 heavy (non-hydrogen) atoms. The lowest BCUT2D eigenvalue weighted by Gasteiger charge is -2.33. The van der Waals surface area contributed by atoms with E-state index in [0.717, 1.165) is 11.1 Å². The average molecular weight is 325 g/mol. The second-order valence-electron chi connectivity index (χ2n) is 6.09. The van der Waals surface area contributed by atoms with E-state index in [1.54, 1.807) is 12.1 Å². The zero-order valence-corrected chi connectivity index (χ0v) is 14.3. The number of esters is 1. The first kappa shape index (κ1) is 16.7. The van der Waals surface area contributed by atoms with Gasteiger partial charge in [0.2, 0.25) is 0 Å². The fourth-order valence-corrected chi connectivity index (χ4v) is 3.65. The van der Waals surface area contributed by atoms with Crippen molar-refractivity contribution in [3.8, 4) is 0 Å². The summed E-state index contributed by atoms with van der Waals surface area (Å²) in [6, 6.07) is 19.7. The van der Waals surface area contributed by atoms with Crippen LogP contribution in [-0.4, -0.2) is 30.7 Å². The Balaban J connectivity index is 2.12. The summed E-state index contributed by atoms with van der Waals surface area (Å²) in [5, 5.41) is 1.64. The van der Waals surface area contributed by atoms with E-state index in [2.05, 4.69) is 0 Å². The fraction of sp³-hybridized carbons (Fsp3) is 0.350. The van der Waals surface area contributed by atoms with Crippen molar-refractivity contribution in [1.82, 2.24) is 5.06 Å². The molecule has 2 aromatic rings. The summed E-state index contributed by atoms with van der Waals surface area (Å²) in [7, 11) is 1.80. The first-order valence-corrected chi connectivity index (χ1v) is 8.31. The summed E-state index contributed by atoms with van der Waals surface area (Å²) in [4.78, 5) is 18.8. The number of hydrogen-bond donors (Lipinski definition) is 0. The van der Waals surface area contributed by atoms with Crippen molar-refractivity contribution in [3.63, 3.8) is 0 Å². The Hall–Kier alpha value is -2.17. The quantitative estimate of drug-likeness (QED) is 0.808. The second-order valence-corrected chi connectivity index (χ2v) is 6.09. The molecule has 1 saturated heterocycles. The van der Waals surface area contributed by atoms with E-state index in [1.165, 1.54) is 0 Å². The van der Waals surface area contributed by atoms with Gasteiger partial charge in [-0.1, -0.05) is 67.6 Å². The van der Waals surface area contributed by atoms with Crippen LogP contribution in [0.2, 0.25) is 0 Å². The number of carbonyl (C=O) groups excluding carboxylic acids is 1. The summed E-state index contributed by atoms with van der Waals surface area (Å²) >= 11 is 0. The Morgan fingerprint density at radius 3 is 2.04 bits per heavy atom. The van der Waals surface area contributed by atoms with Gasteiger partial charge in [0.25, 0.3) is 0 Å². The summed E-state index contributed by atoms with van der Waals surface area (Å²) in [5.74, 6) is -0.354. The molecule has 0 saturated carbocycles. The van der Waals surface area contributed by atoms with Gasteiger partial charge in [-0.3, -0.25) is 9.63 Å². The molecular weight excluding hydrogens is 302 g/mol. The third-order valence-electron chi connectivity index (χ3n) is 4.73. The average Bonchev–Trinajstić information content (AvgIpc) is 2.88. The third kappa shape index (κ3) is 2.62. The summed E-state index contributed by atoms with van der Waals surface area (Å²) in [5.41, 5.74) is 1.35. The minimum Gasteiger partial charge on any atom is -0.465 e. The van der Waals surface area contributed by atoms with E-state index in [0.29, 0.717) is 6.61 Å². The smallest absolute Gasteiger partial charge is 0.326 e. The van der Waals surface area contributed by atoms with Crippen LogP contribution in [0.1, 0.15) is 25.0 Å². The molecule has 1 heterocycles. The normalized spacial score (nSPS) is 23.1. The molecule has 0 aliphatic carbocycles. The van der Waals surface area contributed by atoms with Crippen LogP contribution in [0.5, 0.6) is 0 Å². The van der Waals surface area contributed by atoms with Crippen LogP contribution in [0.25, 0.3) is 0 Å². The summed E-state index contributed by atoms with van der Waals surface area (Å²) in [6.07, 6.45) is 0. The number of rotatable bonds is 4. The highest BCUT2D eigenvalue weighted by Crippen LogP contribution is 2.48. The number of likely N-dealkylation sites (N-methyl/N-ethyl adjacent to an activating group) is 1. The van der Waals surface area contributed by atoms with Gasteiger partial charge in [0, 0.05) is 13.0 Å². The molecule has 4 nitrogen and oxygen atoms in total. The molecule has 0 aromatic heterocycles. The monoisotopic (exact) mass is 325 g/mol. The minimum atomic E-state index is -0.714. The molecule has 0 spiro atoms. The maximum Gasteiger partial charge on any atom is 0.326 e. The third-order valence-corrected chi connectivity index (χ3v) is 4.73. The molecule has 2 atom stereocenters. The molecule has 2 aromatic carbocycles. The van der Waals surface area contributed by atoms with Gasteiger partial charge in [-0.05, 0) is 18.1 Å². The topological polar surface area (TPSA) is 38.8 Å². The number of carbonyl (C=O) groups is 1. The molecule has 0 N–H and O–H groups in total. The Kier molecular flexibility index (Phi) is 4.69. The van der Waals surface area contributed by atoms with Crippen molar-refractivity contribution in [1.29, 1.82) is 0 Å². The van der Waals surface area contributed by atoms with Crippen LogP contribution < -0.4 is 0 Å². The first-order chi connectivity index (χ1) is 11.6.